The summed E-state index contributed by atoms with van der Waals surface area (Å²) >= 11 is 6.30. The van der Waals surface area contributed by atoms with Crippen molar-refractivity contribution >= 4 is 50.1 Å². The highest BCUT2D eigenvalue weighted by atomic mass is 79.9. The molecule has 0 atom stereocenters. The zero-order valence-electron chi connectivity index (χ0n) is 12.0. The minimum absolute atomic E-state index is 0.0488. The third kappa shape index (κ3) is 5.09. The molecule has 0 unspecified atom stereocenters. The summed E-state index contributed by atoms with van der Waals surface area (Å²) in [6.07, 6.45) is 0. The molecular weight excluding hydrogens is 370 g/mol. The Bertz CT molecular complexity index is 620. The molecule has 7 heteroatoms. The monoisotopic (exact) mass is 385 g/mol. The van der Waals surface area contributed by atoms with E-state index in [1.54, 1.807) is 0 Å². The summed E-state index contributed by atoms with van der Waals surface area (Å²) in [4.78, 5) is 13.0. The van der Waals surface area contributed by atoms with Crippen molar-refractivity contribution in [3.05, 3.63) is 33.7 Å². The van der Waals surface area contributed by atoms with Crippen LogP contribution in [0.1, 0.15) is 25.8 Å². The maximum absolute atomic E-state index is 11.9. The fourth-order valence-corrected chi connectivity index (χ4v) is 3.19. The summed E-state index contributed by atoms with van der Waals surface area (Å²) in [5.41, 5.74) is -0.0488. The molecule has 0 spiro atoms. The van der Waals surface area contributed by atoms with Gasteiger partial charge in [0.2, 0.25) is 11.0 Å². The standard InChI is InChI=1S/C14H16BrN3OS2/c1-14(2,3)12-17-18-13(21-12)16-11(19)8-20-10-6-4-9(15)5-7-10/h4-7H,8H2,1-3H3,(H,16,18,19). The third-order valence-corrected chi connectivity index (χ3v) is 5.30. The van der Waals surface area contributed by atoms with Crippen molar-refractivity contribution in [1.82, 2.24) is 10.2 Å². The zero-order chi connectivity index (χ0) is 15.5. The van der Waals surface area contributed by atoms with Gasteiger partial charge < -0.3 is 0 Å². The van der Waals surface area contributed by atoms with Gasteiger partial charge in [-0.25, -0.2) is 0 Å². The minimum atomic E-state index is -0.0699. The van der Waals surface area contributed by atoms with Gasteiger partial charge in [0.05, 0.1) is 5.75 Å². The lowest BCUT2D eigenvalue weighted by Gasteiger charge is -2.12. The number of hydrogen-bond acceptors (Lipinski definition) is 5. The van der Waals surface area contributed by atoms with Crippen molar-refractivity contribution in [2.45, 2.75) is 31.1 Å². The van der Waals surface area contributed by atoms with Crippen LogP contribution in [-0.2, 0) is 10.2 Å². The first-order chi connectivity index (χ1) is 9.84. The second-order valence-corrected chi connectivity index (χ2v) is 8.40. The smallest absolute Gasteiger partial charge is 0.236 e. The Kier molecular flexibility index (Phi) is 5.40. The molecule has 21 heavy (non-hydrogen) atoms. The Hall–Kier alpha value is -0.920. The molecule has 112 valence electrons. The van der Waals surface area contributed by atoms with Crippen LogP contribution in [0.5, 0.6) is 0 Å². The Morgan fingerprint density at radius 1 is 1.29 bits per heavy atom. The molecule has 1 aromatic heterocycles. The van der Waals surface area contributed by atoms with E-state index in [0.717, 1.165) is 14.4 Å². The number of benzene rings is 1. The second kappa shape index (κ2) is 6.89. The van der Waals surface area contributed by atoms with E-state index < -0.39 is 0 Å². The van der Waals surface area contributed by atoms with Crippen LogP contribution >= 0.6 is 39.0 Å². The van der Waals surface area contributed by atoms with Crippen LogP contribution in [0.3, 0.4) is 0 Å². The van der Waals surface area contributed by atoms with Gasteiger partial charge in [0.1, 0.15) is 5.01 Å². The highest BCUT2D eigenvalue weighted by Gasteiger charge is 2.19. The van der Waals surface area contributed by atoms with E-state index in [-0.39, 0.29) is 11.3 Å². The van der Waals surface area contributed by atoms with Gasteiger partial charge >= 0.3 is 0 Å². The number of rotatable bonds is 4. The van der Waals surface area contributed by atoms with Crippen LogP contribution in [0.4, 0.5) is 5.13 Å². The van der Waals surface area contributed by atoms with E-state index in [9.17, 15) is 4.79 Å². The first-order valence-electron chi connectivity index (χ1n) is 6.37. The first-order valence-corrected chi connectivity index (χ1v) is 8.96. The van der Waals surface area contributed by atoms with Crippen molar-refractivity contribution in [1.29, 1.82) is 0 Å². The average Bonchev–Trinajstić information content (AvgIpc) is 2.86. The summed E-state index contributed by atoms with van der Waals surface area (Å²) < 4.78 is 1.03. The van der Waals surface area contributed by atoms with E-state index in [0.29, 0.717) is 10.9 Å². The summed E-state index contributed by atoms with van der Waals surface area (Å²) in [6.45, 7) is 6.22. The molecule has 1 N–H and O–H groups in total. The minimum Gasteiger partial charge on any atom is -0.300 e. The van der Waals surface area contributed by atoms with Gasteiger partial charge in [0.15, 0.2) is 0 Å². The first kappa shape index (κ1) is 16.5. The molecule has 0 saturated heterocycles. The quantitative estimate of drug-likeness (QED) is 0.795. The molecule has 0 radical (unpaired) electrons. The lowest BCUT2D eigenvalue weighted by atomic mass is 9.98. The van der Waals surface area contributed by atoms with Crippen LogP contribution in [0.2, 0.25) is 0 Å². The number of thioether (sulfide) groups is 1. The molecule has 0 bridgehead atoms. The fraction of sp³-hybridized carbons (Fsp3) is 0.357. The predicted molar refractivity (Wildman–Crippen MR) is 92.1 cm³/mol. The molecule has 0 fully saturated rings. The molecule has 1 heterocycles. The SMILES string of the molecule is CC(C)(C)c1nnc(NC(=O)CSc2ccc(Br)cc2)s1. The van der Waals surface area contributed by atoms with Gasteiger partial charge in [0, 0.05) is 14.8 Å². The number of carbonyl (C=O) groups excluding carboxylic acids is 1. The van der Waals surface area contributed by atoms with Gasteiger partial charge in [-0.2, -0.15) is 0 Å². The Balaban J connectivity index is 1.87. The van der Waals surface area contributed by atoms with Gasteiger partial charge in [-0.3, -0.25) is 10.1 Å². The van der Waals surface area contributed by atoms with Crippen LogP contribution < -0.4 is 5.32 Å². The van der Waals surface area contributed by atoms with Crippen molar-refractivity contribution in [3.63, 3.8) is 0 Å². The summed E-state index contributed by atoms with van der Waals surface area (Å²) in [7, 11) is 0. The van der Waals surface area contributed by atoms with Crippen molar-refractivity contribution in [2.24, 2.45) is 0 Å². The summed E-state index contributed by atoms with van der Waals surface area (Å²) in [5.74, 6) is 0.283. The molecule has 1 aromatic carbocycles. The highest BCUT2D eigenvalue weighted by molar-refractivity contribution is 9.10. The van der Waals surface area contributed by atoms with Crippen LogP contribution in [-0.4, -0.2) is 21.9 Å². The van der Waals surface area contributed by atoms with E-state index in [1.807, 2.05) is 24.3 Å². The van der Waals surface area contributed by atoms with Gasteiger partial charge in [-0.15, -0.1) is 22.0 Å². The molecule has 1 amide bonds. The zero-order valence-corrected chi connectivity index (χ0v) is 15.2. The molecule has 2 rings (SSSR count). The molecule has 4 nitrogen and oxygen atoms in total. The van der Waals surface area contributed by atoms with Gasteiger partial charge in [-0.1, -0.05) is 48.0 Å². The molecule has 0 aliphatic rings. The lowest BCUT2D eigenvalue weighted by molar-refractivity contribution is -0.113. The molecule has 2 aromatic rings. The topological polar surface area (TPSA) is 54.9 Å². The van der Waals surface area contributed by atoms with Crippen LogP contribution in [0, 0.1) is 0 Å². The van der Waals surface area contributed by atoms with E-state index in [2.05, 4.69) is 52.2 Å². The van der Waals surface area contributed by atoms with Crippen molar-refractivity contribution in [3.8, 4) is 0 Å². The fourth-order valence-electron chi connectivity index (χ4n) is 1.41. The molecule has 0 aliphatic heterocycles. The molecular formula is C14H16BrN3OS2. The number of amides is 1. The van der Waals surface area contributed by atoms with E-state index in [4.69, 9.17) is 0 Å². The Morgan fingerprint density at radius 3 is 2.52 bits per heavy atom. The van der Waals surface area contributed by atoms with Crippen LogP contribution in [0.15, 0.2) is 33.6 Å². The van der Waals surface area contributed by atoms with Gasteiger partial charge in [-0.05, 0) is 24.3 Å². The average molecular weight is 386 g/mol. The van der Waals surface area contributed by atoms with Crippen LogP contribution in [0.25, 0.3) is 0 Å². The van der Waals surface area contributed by atoms with Crippen molar-refractivity contribution in [2.75, 3.05) is 11.1 Å². The third-order valence-electron chi connectivity index (χ3n) is 2.50. The Labute approximate surface area is 140 Å². The number of hydrogen-bond donors (Lipinski definition) is 1. The predicted octanol–water partition coefficient (Wildman–Crippen LogP) is 4.33. The maximum Gasteiger partial charge on any atom is 0.236 e. The van der Waals surface area contributed by atoms with Crippen molar-refractivity contribution < 1.29 is 4.79 Å². The van der Waals surface area contributed by atoms with E-state index in [1.165, 1.54) is 23.1 Å². The second-order valence-electron chi connectivity index (χ2n) is 5.45. The number of carbonyl (C=O) groups is 1. The maximum atomic E-state index is 11.9. The molecule has 0 saturated carbocycles. The number of nitrogens with one attached hydrogen (secondary N) is 1. The number of halogens is 1. The number of aromatic nitrogens is 2. The number of anilines is 1. The lowest BCUT2D eigenvalue weighted by Crippen LogP contribution is -2.13. The summed E-state index contributed by atoms with van der Waals surface area (Å²) in [5, 5.41) is 12.4. The summed E-state index contributed by atoms with van der Waals surface area (Å²) in [6, 6.07) is 7.87. The largest absolute Gasteiger partial charge is 0.300 e. The van der Waals surface area contributed by atoms with E-state index >= 15 is 0 Å². The Morgan fingerprint density at radius 2 is 1.95 bits per heavy atom. The van der Waals surface area contributed by atoms with Gasteiger partial charge in [0.25, 0.3) is 0 Å². The number of nitrogens with zero attached hydrogens (tertiary/aromatic N) is 2. The normalized spacial score (nSPS) is 11.4. The highest BCUT2D eigenvalue weighted by Crippen LogP contribution is 2.28. The molecule has 0 aliphatic carbocycles.